The van der Waals surface area contributed by atoms with Crippen LogP contribution in [0.15, 0.2) is 27.4 Å². The number of carbonyl (C=O) groups is 1. The third-order valence-electron chi connectivity index (χ3n) is 3.61. The molecule has 0 atom stereocenters. The lowest BCUT2D eigenvalue weighted by Gasteiger charge is -2.08. The van der Waals surface area contributed by atoms with Gasteiger partial charge in [0.25, 0.3) is 0 Å². The Morgan fingerprint density at radius 2 is 2.10 bits per heavy atom. The second-order valence-electron chi connectivity index (χ2n) is 4.95. The van der Waals surface area contributed by atoms with Gasteiger partial charge in [0.1, 0.15) is 11.3 Å². The summed E-state index contributed by atoms with van der Waals surface area (Å²) < 4.78 is 15.5. The first kappa shape index (κ1) is 13.7. The molecule has 1 aromatic carbocycles. The van der Waals surface area contributed by atoms with Crippen molar-refractivity contribution in [2.75, 3.05) is 13.2 Å². The zero-order valence-electron chi connectivity index (χ0n) is 11.8. The zero-order valence-corrected chi connectivity index (χ0v) is 11.8. The molecule has 3 rings (SSSR count). The monoisotopic (exact) mass is 288 g/mol. The Morgan fingerprint density at radius 1 is 1.29 bits per heavy atom. The van der Waals surface area contributed by atoms with E-state index in [-0.39, 0.29) is 12.2 Å². The maximum Gasteiger partial charge on any atom is 0.344 e. The molecule has 0 fully saturated rings. The van der Waals surface area contributed by atoms with Crippen LogP contribution in [-0.4, -0.2) is 19.2 Å². The number of benzene rings is 1. The van der Waals surface area contributed by atoms with Gasteiger partial charge in [0.05, 0.1) is 6.61 Å². The van der Waals surface area contributed by atoms with Gasteiger partial charge in [-0.05, 0) is 43.9 Å². The Bertz CT molecular complexity index is 744. The van der Waals surface area contributed by atoms with Crippen LogP contribution in [0.3, 0.4) is 0 Å². The maximum atomic E-state index is 11.9. The molecule has 2 aromatic rings. The van der Waals surface area contributed by atoms with Crippen LogP contribution in [0.4, 0.5) is 0 Å². The number of esters is 1. The summed E-state index contributed by atoms with van der Waals surface area (Å²) in [5, 5.41) is 0.950. The summed E-state index contributed by atoms with van der Waals surface area (Å²) in [4.78, 5) is 23.2. The zero-order chi connectivity index (χ0) is 14.8. The average molecular weight is 288 g/mol. The summed E-state index contributed by atoms with van der Waals surface area (Å²) in [6, 6.07) is 5.30. The molecule has 0 bridgehead atoms. The van der Waals surface area contributed by atoms with Gasteiger partial charge in [-0.25, -0.2) is 9.59 Å². The molecule has 5 nitrogen and oxygen atoms in total. The molecule has 0 saturated carbocycles. The van der Waals surface area contributed by atoms with Crippen LogP contribution in [0.1, 0.15) is 24.5 Å². The van der Waals surface area contributed by atoms with Gasteiger partial charge in [0.2, 0.25) is 0 Å². The minimum absolute atomic E-state index is 0.158. The summed E-state index contributed by atoms with van der Waals surface area (Å²) in [5.41, 5.74) is 2.11. The Balaban J connectivity index is 1.89. The molecular weight excluding hydrogens is 272 g/mol. The van der Waals surface area contributed by atoms with Crippen molar-refractivity contribution in [1.29, 1.82) is 0 Å². The number of ether oxygens (including phenoxy) is 2. The Morgan fingerprint density at radius 3 is 2.90 bits per heavy atom. The lowest BCUT2D eigenvalue weighted by Crippen LogP contribution is -2.14. The minimum atomic E-state index is -0.423. The van der Waals surface area contributed by atoms with Crippen LogP contribution < -0.4 is 10.4 Å². The third-order valence-corrected chi connectivity index (χ3v) is 3.61. The number of rotatable bonds is 4. The van der Waals surface area contributed by atoms with E-state index in [2.05, 4.69) is 0 Å². The highest BCUT2D eigenvalue weighted by Crippen LogP contribution is 2.29. The summed E-state index contributed by atoms with van der Waals surface area (Å²) in [6.45, 7) is 1.90. The van der Waals surface area contributed by atoms with Crippen molar-refractivity contribution < 1.29 is 18.7 Å². The second-order valence-corrected chi connectivity index (χ2v) is 4.95. The number of fused-ring (bicyclic) bond motifs is 3. The summed E-state index contributed by atoms with van der Waals surface area (Å²) in [5.74, 6) is 0.0599. The van der Waals surface area contributed by atoms with Gasteiger partial charge >= 0.3 is 11.6 Å². The van der Waals surface area contributed by atoms with Crippen molar-refractivity contribution in [3.63, 3.8) is 0 Å². The SMILES string of the molecule is CCOC(=O)COc1ccc2c3c(c(=O)oc2c1)CCC3. The molecule has 0 saturated heterocycles. The fourth-order valence-corrected chi connectivity index (χ4v) is 2.70. The van der Waals surface area contributed by atoms with E-state index in [1.165, 1.54) is 0 Å². The first-order valence-corrected chi connectivity index (χ1v) is 7.06. The quantitative estimate of drug-likeness (QED) is 0.637. The molecular formula is C16H16O5. The molecule has 0 spiro atoms. The van der Waals surface area contributed by atoms with E-state index in [0.29, 0.717) is 17.9 Å². The standard InChI is InChI=1S/C16H16O5/c1-2-19-15(17)9-20-10-6-7-12-11-4-3-5-13(11)16(18)21-14(12)8-10/h6-8H,2-5,9H2,1H3. The van der Waals surface area contributed by atoms with E-state index >= 15 is 0 Å². The van der Waals surface area contributed by atoms with Gasteiger partial charge in [0.15, 0.2) is 6.61 Å². The molecule has 21 heavy (non-hydrogen) atoms. The van der Waals surface area contributed by atoms with Crippen molar-refractivity contribution in [1.82, 2.24) is 0 Å². The maximum absolute atomic E-state index is 11.9. The van der Waals surface area contributed by atoms with Gasteiger partial charge in [0, 0.05) is 17.0 Å². The number of aryl methyl sites for hydroxylation is 1. The van der Waals surface area contributed by atoms with Crippen LogP contribution in [0, 0.1) is 0 Å². The van der Waals surface area contributed by atoms with Crippen LogP contribution in [0.2, 0.25) is 0 Å². The smallest absolute Gasteiger partial charge is 0.344 e. The van der Waals surface area contributed by atoms with E-state index in [1.807, 2.05) is 6.07 Å². The summed E-state index contributed by atoms with van der Waals surface area (Å²) >= 11 is 0. The minimum Gasteiger partial charge on any atom is -0.482 e. The van der Waals surface area contributed by atoms with Gasteiger partial charge < -0.3 is 13.9 Å². The summed E-state index contributed by atoms with van der Waals surface area (Å²) in [7, 11) is 0. The molecule has 0 aliphatic heterocycles. The third kappa shape index (κ3) is 2.63. The topological polar surface area (TPSA) is 65.7 Å². The fourth-order valence-electron chi connectivity index (χ4n) is 2.70. The summed E-state index contributed by atoms with van der Waals surface area (Å²) in [6.07, 6.45) is 2.68. The number of hydrogen-bond donors (Lipinski definition) is 0. The first-order chi connectivity index (χ1) is 10.2. The van der Waals surface area contributed by atoms with Crippen molar-refractivity contribution in [3.05, 3.63) is 39.7 Å². The Hall–Kier alpha value is -2.30. The van der Waals surface area contributed by atoms with Gasteiger partial charge in [-0.1, -0.05) is 0 Å². The van der Waals surface area contributed by atoms with E-state index in [4.69, 9.17) is 13.9 Å². The Labute approximate surface area is 121 Å². The molecule has 110 valence electrons. The van der Waals surface area contributed by atoms with Crippen LogP contribution in [0.25, 0.3) is 11.0 Å². The van der Waals surface area contributed by atoms with Crippen molar-refractivity contribution in [3.8, 4) is 5.75 Å². The molecule has 1 aromatic heterocycles. The highest BCUT2D eigenvalue weighted by molar-refractivity contribution is 5.83. The normalized spacial score (nSPS) is 13.2. The van der Waals surface area contributed by atoms with Crippen molar-refractivity contribution in [2.24, 2.45) is 0 Å². The van der Waals surface area contributed by atoms with Crippen molar-refractivity contribution >= 4 is 16.9 Å². The van der Waals surface area contributed by atoms with E-state index in [9.17, 15) is 9.59 Å². The molecule has 1 aliphatic carbocycles. The lowest BCUT2D eigenvalue weighted by molar-refractivity contribution is -0.145. The predicted octanol–water partition coefficient (Wildman–Crippen LogP) is 2.22. The van der Waals surface area contributed by atoms with Gasteiger partial charge in [-0.3, -0.25) is 0 Å². The molecule has 5 heteroatoms. The highest BCUT2D eigenvalue weighted by Gasteiger charge is 2.19. The Kier molecular flexibility index (Phi) is 3.64. The van der Waals surface area contributed by atoms with Crippen molar-refractivity contribution in [2.45, 2.75) is 26.2 Å². The van der Waals surface area contributed by atoms with E-state index in [1.54, 1.807) is 19.1 Å². The molecule has 1 heterocycles. The van der Waals surface area contributed by atoms with Gasteiger partial charge in [-0.15, -0.1) is 0 Å². The largest absolute Gasteiger partial charge is 0.482 e. The number of carbonyl (C=O) groups excluding carboxylic acids is 1. The van der Waals surface area contributed by atoms with Crippen LogP contribution in [0.5, 0.6) is 5.75 Å². The molecule has 0 radical (unpaired) electrons. The van der Waals surface area contributed by atoms with E-state index < -0.39 is 5.97 Å². The van der Waals surface area contributed by atoms with Crippen LogP contribution in [-0.2, 0) is 22.4 Å². The average Bonchev–Trinajstić information content (AvgIpc) is 2.95. The lowest BCUT2D eigenvalue weighted by atomic mass is 10.1. The second kappa shape index (κ2) is 5.60. The molecule has 0 unspecified atom stereocenters. The molecule has 0 N–H and O–H groups in total. The number of hydrogen-bond acceptors (Lipinski definition) is 5. The molecule has 1 aliphatic rings. The fraction of sp³-hybridized carbons (Fsp3) is 0.375. The van der Waals surface area contributed by atoms with E-state index in [0.717, 1.165) is 35.8 Å². The van der Waals surface area contributed by atoms with Gasteiger partial charge in [-0.2, -0.15) is 0 Å². The first-order valence-electron chi connectivity index (χ1n) is 7.06. The highest BCUT2D eigenvalue weighted by atomic mass is 16.6. The molecule has 0 amide bonds. The predicted molar refractivity (Wildman–Crippen MR) is 76.6 cm³/mol. The van der Waals surface area contributed by atoms with Crippen LogP contribution >= 0.6 is 0 Å².